The van der Waals surface area contributed by atoms with Crippen LogP contribution in [0.4, 0.5) is 0 Å². The summed E-state index contributed by atoms with van der Waals surface area (Å²) in [6, 6.07) is 19.2. The molecular formula is C18H15BrN2O2. The van der Waals surface area contributed by atoms with Gasteiger partial charge in [-0.25, -0.2) is 4.79 Å². The molecule has 1 aromatic heterocycles. The van der Waals surface area contributed by atoms with Crippen LogP contribution in [-0.2, 0) is 13.1 Å². The molecular weight excluding hydrogens is 356 g/mol. The van der Waals surface area contributed by atoms with Crippen LogP contribution in [0.5, 0.6) is 0 Å². The number of nitrogens with zero attached hydrogens (tertiary/aromatic N) is 2. The lowest BCUT2D eigenvalue weighted by atomic mass is 10.2. The Kier molecular flexibility index (Phi) is 4.57. The van der Waals surface area contributed by atoms with Gasteiger partial charge >= 0.3 is 5.69 Å². The van der Waals surface area contributed by atoms with Gasteiger partial charge in [-0.1, -0.05) is 60.7 Å². The Bertz CT molecular complexity index is 915. The van der Waals surface area contributed by atoms with E-state index in [9.17, 15) is 9.59 Å². The van der Waals surface area contributed by atoms with Gasteiger partial charge in [0.1, 0.15) is 0 Å². The highest BCUT2D eigenvalue weighted by Gasteiger charge is 2.10. The molecule has 0 bridgehead atoms. The highest BCUT2D eigenvalue weighted by atomic mass is 79.9. The van der Waals surface area contributed by atoms with Crippen LogP contribution in [0.15, 0.2) is 80.9 Å². The second-order valence-electron chi connectivity index (χ2n) is 5.25. The summed E-state index contributed by atoms with van der Waals surface area (Å²) in [5, 5.41) is 0. The number of halogens is 1. The SMILES string of the molecule is O=c1c(Br)cn(Cc2ccccc2)c(=O)n1Cc1ccccc1. The summed E-state index contributed by atoms with van der Waals surface area (Å²) in [6.45, 7) is 0.681. The average Bonchev–Trinajstić information content (AvgIpc) is 2.58. The van der Waals surface area contributed by atoms with E-state index in [-0.39, 0.29) is 17.8 Å². The smallest absolute Gasteiger partial charge is 0.295 e. The van der Waals surface area contributed by atoms with E-state index in [0.717, 1.165) is 11.1 Å². The molecule has 4 nitrogen and oxygen atoms in total. The Balaban J connectivity index is 2.03. The predicted molar refractivity (Wildman–Crippen MR) is 93.8 cm³/mol. The maximum absolute atomic E-state index is 12.7. The van der Waals surface area contributed by atoms with Crippen molar-refractivity contribution in [3.8, 4) is 0 Å². The fraction of sp³-hybridized carbons (Fsp3) is 0.111. The summed E-state index contributed by atoms with van der Waals surface area (Å²) in [6.07, 6.45) is 1.55. The Hall–Kier alpha value is -2.40. The van der Waals surface area contributed by atoms with Crippen LogP contribution in [0.2, 0.25) is 0 Å². The van der Waals surface area contributed by atoms with Gasteiger partial charge in [-0.05, 0) is 27.1 Å². The largest absolute Gasteiger partial charge is 0.331 e. The molecule has 0 saturated carbocycles. The van der Waals surface area contributed by atoms with Crippen molar-refractivity contribution in [2.24, 2.45) is 0 Å². The van der Waals surface area contributed by atoms with E-state index in [4.69, 9.17) is 0 Å². The fourth-order valence-corrected chi connectivity index (χ4v) is 2.88. The molecule has 116 valence electrons. The highest BCUT2D eigenvalue weighted by molar-refractivity contribution is 9.10. The molecule has 23 heavy (non-hydrogen) atoms. The molecule has 0 spiro atoms. The van der Waals surface area contributed by atoms with Crippen LogP contribution in [0.25, 0.3) is 0 Å². The topological polar surface area (TPSA) is 44.0 Å². The minimum atomic E-state index is -0.317. The molecule has 0 unspecified atom stereocenters. The summed E-state index contributed by atoms with van der Waals surface area (Å²) in [5.41, 5.74) is 1.29. The molecule has 0 aliphatic carbocycles. The summed E-state index contributed by atoms with van der Waals surface area (Å²) < 4.78 is 3.18. The number of aromatic nitrogens is 2. The predicted octanol–water partition coefficient (Wildman–Crippen LogP) is 2.87. The zero-order valence-corrected chi connectivity index (χ0v) is 13.9. The lowest BCUT2D eigenvalue weighted by molar-refractivity contribution is 0.607. The van der Waals surface area contributed by atoms with Crippen molar-refractivity contribution in [3.05, 3.63) is 103 Å². The summed E-state index contributed by atoms with van der Waals surface area (Å²) in [4.78, 5) is 25.0. The molecule has 0 saturated heterocycles. The van der Waals surface area contributed by atoms with Crippen LogP contribution in [-0.4, -0.2) is 9.13 Å². The first-order chi connectivity index (χ1) is 11.1. The molecule has 2 aromatic carbocycles. The van der Waals surface area contributed by atoms with Crippen molar-refractivity contribution in [2.45, 2.75) is 13.1 Å². The third kappa shape index (κ3) is 3.51. The Morgan fingerprint density at radius 1 is 0.783 bits per heavy atom. The third-order valence-corrected chi connectivity index (χ3v) is 4.12. The number of benzene rings is 2. The van der Waals surface area contributed by atoms with E-state index < -0.39 is 0 Å². The fourth-order valence-electron chi connectivity index (χ4n) is 2.42. The molecule has 5 heteroatoms. The molecule has 0 radical (unpaired) electrons. The van der Waals surface area contributed by atoms with Crippen LogP contribution < -0.4 is 11.2 Å². The van der Waals surface area contributed by atoms with Gasteiger partial charge in [-0.3, -0.25) is 13.9 Å². The quantitative estimate of drug-likeness (QED) is 0.708. The van der Waals surface area contributed by atoms with Gasteiger partial charge < -0.3 is 0 Å². The van der Waals surface area contributed by atoms with Gasteiger partial charge in [0.2, 0.25) is 0 Å². The Morgan fingerprint density at radius 2 is 1.30 bits per heavy atom. The number of hydrogen-bond acceptors (Lipinski definition) is 2. The van der Waals surface area contributed by atoms with E-state index in [1.165, 1.54) is 4.57 Å². The van der Waals surface area contributed by atoms with E-state index in [1.54, 1.807) is 10.8 Å². The Labute approximate surface area is 141 Å². The second-order valence-corrected chi connectivity index (χ2v) is 6.10. The van der Waals surface area contributed by atoms with Crippen molar-refractivity contribution >= 4 is 15.9 Å². The van der Waals surface area contributed by atoms with E-state index in [0.29, 0.717) is 11.0 Å². The standard InChI is InChI=1S/C18H15BrN2O2/c19-16-13-20(11-14-7-3-1-4-8-14)18(23)21(17(16)22)12-15-9-5-2-6-10-15/h1-10,13H,11-12H2. The van der Waals surface area contributed by atoms with Crippen molar-refractivity contribution in [1.82, 2.24) is 9.13 Å². The Morgan fingerprint density at radius 3 is 1.87 bits per heavy atom. The van der Waals surface area contributed by atoms with Gasteiger partial charge in [0.15, 0.2) is 0 Å². The van der Waals surface area contributed by atoms with E-state index >= 15 is 0 Å². The average molecular weight is 371 g/mol. The zero-order chi connectivity index (χ0) is 16.2. The normalized spacial score (nSPS) is 10.7. The minimum absolute atomic E-state index is 0.257. The van der Waals surface area contributed by atoms with E-state index in [2.05, 4.69) is 15.9 Å². The number of hydrogen-bond donors (Lipinski definition) is 0. The van der Waals surface area contributed by atoms with Crippen molar-refractivity contribution in [2.75, 3.05) is 0 Å². The number of rotatable bonds is 4. The first-order valence-corrected chi connectivity index (χ1v) is 8.02. The van der Waals surface area contributed by atoms with Gasteiger partial charge in [0, 0.05) is 6.20 Å². The highest BCUT2D eigenvalue weighted by Crippen LogP contribution is 2.05. The molecule has 0 fully saturated rings. The molecule has 0 N–H and O–H groups in total. The molecule has 0 aliphatic rings. The van der Waals surface area contributed by atoms with Crippen LogP contribution >= 0.6 is 15.9 Å². The minimum Gasteiger partial charge on any atom is -0.295 e. The summed E-state index contributed by atoms with van der Waals surface area (Å²) in [7, 11) is 0. The molecule has 0 aliphatic heterocycles. The van der Waals surface area contributed by atoms with Crippen molar-refractivity contribution in [1.29, 1.82) is 0 Å². The summed E-state index contributed by atoms with van der Waals surface area (Å²) >= 11 is 3.26. The second kappa shape index (κ2) is 6.79. The first-order valence-electron chi connectivity index (χ1n) is 7.23. The van der Waals surface area contributed by atoms with Crippen molar-refractivity contribution in [3.63, 3.8) is 0 Å². The maximum atomic E-state index is 12.7. The molecule has 1 heterocycles. The molecule has 0 amide bonds. The van der Waals surface area contributed by atoms with Crippen molar-refractivity contribution < 1.29 is 0 Å². The van der Waals surface area contributed by atoms with Gasteiger partial charge in [0.25, 0.3) is 5.56 Å². The lowest BCUT2D eigenvalue weighted by Crippen LogP contribution is -2.40. The van der Waals surface area contributed by atoms with Gasteiger partial charge in [-0.2, -0.15) is 0 Å². The van der Waals surface area contributed by atoms with Crippen LogP contribution in [0.3, 0.4) is 0 Å². The first kappa shape index (κ1) is 15.5. The molecule has 3 rings (SSSR count). The lowest BCUT2D eigenvalue weighted by Gasteiger charge is -2.11. The summed E-state index contributed by atoms with van der Waals surface area (Å²) in [5.74, 6) is 0. The monoisotopic (exact) mass is 370 g/mol. The van der Waals surface area contributed by atoms with Gasteiger partial charge in [-0.15, -0.1) is 0 Å². The molecule has 3 aromatic rings. The molecule has 0 atom stereocenters. The van der Waals surface area contributed by atoms with Crippen LogP contribution in [0, 0.1) is 0 Å². The maximum Gasteiger partial charge on any atom is 0.331 e. The third-order valence-electron chi connectivity index (χ3n) is 3.57. The van der Waals surface area contributed by atoms with E-state index in [1.807, 2.05) is 60.7 Å². The van der Waals surface area contributed by atoms with Crippen LogP contribution in [0.1, 0.15) is 11.1 Å². The zero-order valence-electron chi connectivity index (χ0n) is 12.4. The van der Waals surface area contributed by atoms with Gasteiger partial charge in [0.05, 0.1) is 17.6 Å².